The number of carbonyl (C=O) groups excluding carboxylic acids is 1. The van der Waals surface area contributed by atoms with Crippen LogP contribution >= 0.6 is 0 Å². The first kappa shape index (κ1) is 14.8. The summed E-state index contributed by atoms with van der Waals surface area (Å²) in [6.07, 6.45) is 3.79. The molecule has 108 valence electrons. The van der Waals surface area contributed by atoms with Gasteiger partial charge in [-0.3, -0.25) is 4.79 Å². The molecule has 3 nitrogen and oxygen atoms in total. The molecule has 1 amide bonds. The fourth-order valence-electron chi connectivity index (χ4n) is 2.51. The highest BCUT2D eigenvalue weighted by molar-refractivity contribution is 5.78. The predicted octanol–water partition coefficient (Wildman–Crippen LogP) is 2.74. The number of nitrogens with one attached hydrogen (secondary N) is 1. The van der Waals surface area contributed by atoms with Crippen molar-refractivity contribution in [2.75, 3.05) is 19.6 Å². The molecular formula is C17H24N2O. The summed E-state index contributed by atoms with van der Waals surface area (Å²) < 4.78 is 0. The molecule has 1 heterocycles. The Bertz CT molecular complexity index is 442. The molecule has 1 aromatic rings. The summed E-state index contributed by atoms with van der Waals surface area (Å²) in [5, 5.41) is 3.44. The Balaban J connectivity index is 1.54. The van der Waals surface area contributed by atoms with Gasteiger partial charge in [0.15, 0.2) is 0 Å². The van der Waals surface area contributed by atoms with E-state index < -0.39 is 0 Å². The SMILES string of the molecule is C=C(CCCNCc1ccccc1)CN1CCCC1=O. The molecule has 3 heteroatoms. The first-order valence-corrected chi connectivity index (χ1v) is 7.45. The molecule has 1 fully saturated rings. The van der Waals surface area contributed by atoms with Crippen LogP contribution in [0.25, 0.3) is 0 Å². The topological polar surface area (TPSA) is 32.3 Å². The van der Waals surface area contributed by atoms with Gasteiger partial charge < -0.3 is 10.2 Å². The first-order valence-electron chi connectivity index (χ1n) is 7.45. The molecule has 0 radical (unpaired) electrons. The van der Waals surface area contributed by atoms with Crippen molar-refractivity contribution in [2.24, 2.45) is 0 Å². The third-order valence-electron chi connectivity index (χ3n) is 3.64. The maximum absolute atomic E-state index is 11.5. The zero-order valence-electron chi connectivity index (χ0n) is 12.1. The summed E-state index contributed by atoms with van der Waals surface area (Å²) in [5.74, 6) is 0.286. The largest absolute Gasteiger partial charge is 0.339 e. The van der Waals surface area contributed by atoms with E-state index >= 15 is 0 Å². The number of benzene rings is 1. The first-order chi connectivity index (χ1) is 9.75. The van der Waals surface area contributed by atoms with Crippen LogP contribution in [-0.2, 0) is 11.3 Å². The van der Waals surface area contributed by atoms with Gasteiger partial charge in [-0.2, -0.15) is 0 Å². The lowest BCUT2D eigenvalue weighted by atomic mass is 10.1. The van der Waals surface area contributed by atoms with Gasteiger partial charge in [0.1, 0.15) is 0 Å². The highest BCUT2D eigenvalue weighted by Gasteiger charge is 2.19. The third kappa shape index (κ3) is 4.82. The molecule has 0 saturated carbocycles. The Morgan fingerprint density at radius 2 is 2.10 bits per heavy atom. The molecule has 1 N–H and O–H groups in total. The van der Waals surface area contributed by atoms with Gasteiger partial charge in [0.05, 0.1) is 0 Å². The Labute approximate surface area is 121 Å². The van der Waals surface area contributed by atoms with E-state index in [-0.39, 0.29) is 5.91 Å². The van der Waals surface area contributed by atoms with Gasteiger partial charge in [-0.25, -0.2) is 0 Å². The fraction of sp³-hybridized carbons (Fsp3) is 0.471. The van der Waals surface area contributed by atoms with E-state index in [1.54, 1.807) is 0 Å². The molecule has 1 aliphatic rings. The summed E-state index contributed by atoms with van der Waals surface area (Å²) in [5.41, 5.74) is 2.48. The second kappa shape index (κ2) is 7.85. The van der Waals surface area contributed by atoms with E-state index in [1.807, 2.05) is 11.0 Å². The van der Waals surface area contributed by atoms with Crippen LogP contribution in [0.2, 0.25) is 0 Å². The van der Waals surface area contributed by atoms with E-state index in [0.717, 1.165) is 45.4 Å². The molecule has 0 aromatic heterocycles. The molecule has 0 aliphatic carbocycles. The standard InChI is InChI=1S/C17H24N2O/c1-15(14-19-12-6-10-17(19)20)7-5-11-18-13-16-8-3-2-4-9-16/h2-4,8-9,18H,1,5-7,10-14H2. The van der Waals surface area contributed by atoms with E-state index in [9.17, 15) is 4.79 Å². The van der Waals surface area contributed by atoms with E-state index in [1.165, 1.54) is 11.1 Å². The Hall–Kier alpha value is -1.61. The molecule has 0 unspecified atom stereocenters. The highest BCUT2D eigenvalue weighted by atomic mass is 16.2. The molecule has 0 spiro atoms. The van der Waals surface area contributed by atoms with Crippen LogP contribution in [0.5, 0.6) is 0 Å². The average molecular weight is 272 g/mol. The lowest BCUT2D eigenvalue weighted by molar-refractivity contribution is -0.127. The van der Waals surface area contributed by atoms with Crippen LogP contribution in [0.1, 0.15) is 31.2 Å². The minimum Gasteiger partial charge on any atom is -0.339 e. The number of hydrogen-bond acceptors (Lipinski definition) is 2. The summed E-state index contributed by atoms with van der Waals surface area (Å²) >= 11 is 0. The van der Waals surface area contributed by atoms with Crippen molar-refractivity contribution < 1.29 is 4.79 Å². The van der Waals surface area contributed by atoms with Crippen LogP contribution in [0, 0.1) is 0 Å². The molecule has 1 saturated heterocycles. The van der Waals surface area contributed by atoms with Gasteiger partial charge in [0.2, 0.25) is 5.91 Å². The number of likely N-dealkylation sites (tertiary alicyclic amines) is 1. The van der Waals surface area contributed by atoms with Gasteiger partial charge in [0, 0.05) is 26.1 Å². The third-order valence-corrected chi connectivity index (χ3v) is 3.64. The fourth-order valence-corrected chi connectivity index (χ4v) is 2.51. The summed E-state index contributed by atoms with van der Waals surface area (Å²) in [6.45, 7) is 7.64. The Kier molecular flexibility index (Phi) is 5.81. The molecule has 2 rings (SSSR count). The molecule has 1 aliphatic heterocycles. The van der Waals surface area contributed by atoms with Crippen LogP contribution in [0.4, 0.5) is 0 Å². The van der Waals surface area contributed by atoms with Crippen LogP contribution in [0.15, 0.2) is 42.5 Å². The summed E-state index contributed by atoms with van der Waals surface area (Å²) in [7, 11) is 0. The lowest BCUT2D eigenvalue weighted by Gasteiger charge is -2.17. The number of carbonyl (C=O) groups is 1. The van der Waals surface area contributed by atoms with Crippen molar-refractivity contribution in [1.82, 2.24) is 10.2 Å². The minimum absolute atomic E-state index is 0.286. The molecular weight excluding hydrogens is 248 g/mol. The maximum atomic E-state index is 11.5. The Morgan fingerprint density at radius 3 is 2.80 bits per heavy atom. The average Bonchev–Trinajstić information content (AvgIpc) is 2.85. The maximum Gasteiger partial charge on any atom is 0.222 e. The number of rotatable bonds is 8. The number of amides is 1. The van der Waals surface area contributed by atoms with E-state index in [0.29, 0.717) is 6.42 Å². The normalized spacial score (nSPS) is 14.8. The van der Waals surface area contributed by atoms with Crippen molar-refractivity contribution in [3.8, 4) is 0 Å². The van der Waals surface area contributed by atoms with Crippen molar-refractivity contribution >= 4 is 5.91 Å². The molecule has 0 bridgehead atoms. The highest BCUT2D eigenvalue weighted by Crippen LogP contribution is 2.13. The second-order valence-corrected chi connectivity index (χ2v) is 5.43. The zero-order chi connectivity index (χ0) is 14.2. The van der Waals surface area contributed by atoms with Crippen LogP contribution in [0.3, 0.4) is 0 Å². The van der Waals surface area contributed by atoms with E-state index in [4.69, 9.17) is 0 Å². The van der Waals surface area contributed by atoms with Crippen molar-refractivity contribution in [1.29, 1.82) is 0 Å². The second-order valence-electron chi connectivity index (χ2n) is 5.43. The van der Waals surface area contributed by atoms with Crippen molar-refractivity contribution in [3.63, 3.8) is 0 Å². The van der Waals surface area contributed by atoms with Crippen LogP contribution in [-0.4, -0.2) is 30.4 Å². The minimum atomic E-state index is 0.286. The Morgan fingerprint density at radius 1 is 1.30 bits per heavy atom. The van der Waals surface area contributed by atoms with Crippen molar-refractivity contribution in [3.05, 3.63) is 48.0 Å². The lowest BCUT2D eigenvalue weighted by Crippen LogP contribution is -2.26. The molecule has 0 atom stereocenters. The predicted molar refractivity (Wildman–Crippen MR) is 82.3 cm³/mol. The van der Waals surface area contributed by atoms with Crippen molar-refractivity contribution in [2.45, 2.75) is 32.2 Å². The van der Waals surface area contributed by atoms with Gasteiger partial charge in [-0.1, -0.05) is 42.5 Å². The zero-order valence-corrected chi connectivity index (χ0v) is 12.1. The van der Waals surface area contributed by atoms with Gasteiger partial charge in [0.25, 0.3) is 0 Å². The summed E-state index contributed by atoms with van der Waals surface area (Å²) in [4.78, 5) is 13.4. The molecule has 1 aromatic carbocycles. The van der Waals surface area contributed by atoms with Gasteiger partial charge in [-0.15, -0.1) is 0 Å². The monoisotopic (exact) mass is 272 g/mol. The van der Waals surface area contributed by atoms with E-state index in [2.05, 4.69) is 36.2 Å². The van der Waals surface area contributed by atoms with Gasteiger partial charge in [-0.05, 0) is 31.4 Å². The quantitative estimate of drug-likeness (QED) is 0.583. The number of hydrogen-bond donors (Lipinski definition) is 1. The molecule has 20 heavy (non-hydrogen) atoms. The van der Waals surface area contributed by atoms with Crippen LogP contribution < -0.4 is 5.32 Å². The summed E-state index contributed by atoms with van der Waals surface area (Å²) in [6, 6.07) is 10.4. The van der Waals surface area contributed by atoms with Gasteiger partial charge >= 0.3 is 0 Å². The smallest absolute Gasteiger partial charge is 0.222 e. The number of nitrogens with zero attached hydrogens (tertiary/aromatic N) is 1.